The van der Waals surface area contributed by atoms with Crippen LogP contribution in [0.5, 0.6) is 0 Å². The van der Waals surface area contributed by atoms with E-state index in [1.165, 1.54) is 20.9 Å². The predicted octanol–water partition coefficient (Wildman–Crippen LogP) is 0.918. The number of carbonyl (C=O) groups excluding carboxylic acids is 1. The minimum atomic E-state index is -1.15. The van der Waals surface area contributed by atoms with Crippen molar-refractivity contribution in [2.24, 2.45) is 0 Å². The van der Waals surface area contributed by atoms with E-state index >= 15 is 0 Å². The van der Waals surface area contributed by atoms with Gasteiger partial charge in [0.15, 0.2) is 0 Å². The van der Waals surface area contributed by atoms with Gasteiger partial charge in [-0.1, -0.05) is 0 Å². The fourth-order valence-electron chi connectivity index (χ4n) is 0.814. The third-order valence-electron chi connectivity index (χ3n) is 1.67. The van der Waals surface area contributed by atoms with E-state index in [0.29, 0.717) is 3.94 Å². The van der Waals surface area contributed by atoms with Gasteiger partial charge in [-0.15, -0.1) is 3.94 Å². The van der Waals surface area contributed by atoms with Gasteiger partial charge in [-0.3, -0.25) is 9.59 Å². The highest BCUT2D eigenvalue weighted by molar-refractivity contribution is 6.35. The number of nitrogens with zero attached hydrogens (tertiary/aromatic N) is 2. The number of carboxylic acids is 1. The van der Waals surface area contributed by atoms with Crippen molar-refractivity contribution >= 4 is 35.4 Å². The first kappa shape index (κ1) is 13.5. The van der Waals surface area contributed by atoms with Gasteiger partial charge in [0.2, 0.25) is 5.91 Å². The van der Waals surface area contributed by atoms with Crippen molar-refractivity contribution < 1.29 is 14.7 Å². The van der Waals surface area contributed by atoms with Gasteiger partial charge in [0.25, 0.3) is 0 Å². The van der Waals surface area contributed by atoms with E-state index in [1.54, 1.807) is 0 Å². The molecule has 0 radical (unpaired) electrons. The van der Waals surface area contributed by atoms with Crippen LogP contribution in [-0.4, -0.2) is 45.0 Å². The van der Waals surface area contributed by atoms with Crippen LogP contribution < -0.4 is 0 Å². The van der Waals surface area contributed by atoms with Gasteiger partial charge in [-0.2, -0.15) is 0 Å². The van der Waals surface area contributed by atoms with Gasteiger partial charge in [-0.05, 0) is 37.4 Å². The van der Waals surface area contributed by atoms with E-state index in [2.05, 4.69) is 0 Å². The van der Waals surface area contributed by atoms with Crippen molar-refractivity contribution in [1.29, 1.82) is 0 Å². The van der Waals surface area contributed by atoms with E-state index in [-0.39, 0.29) is 6.54 Å². The van der Waals surface area contributed by atoms with E-state index < -0.39 is 17.4 Å². The molecule has 0 atom stereocenters. The Labute approximate surface area is 92.4 Å². The molecule has 7 heteroatoms. The molecule has 0 aromatic heterocycles. The molecule has 0 aliphatic rings. The van der Waals surface area contributed by atoms with E-state index in [9.17, 15) is 9.59 Å². The molecule has 1 amide bonds. The monoisotopic (exact) mass is 242 g/mol. The number of carbonyl (C=O) groups is 2. The first-order chi connectivity index (χ1) is 6.19. The SMILES string of the molecule is CN(CC(=O)O)C(=O)C(C)(C)N(Cl)Cl. The highest BCUT2D eigenvalue weighted by Gasteiger charge is 2.36. The van der Waals surface area contributed by atoms with Crippen LogP contribution in [0.25, 0.3) is 0 Å². The number of likely N-dealkylation sites (N-methyl/N-ethyl adjacent to an activating group) is 1. The lowest BCUT2D eigenvalue weighted by molar-refractivity contribution is -0.146. The molecule has 14 heavy (non-hydrogen) atoms. The van der Waals surface area contributed by atoms with Crippen molar-refractivity contribution in [3.05, 3.63) is 0 Å². The summed E-state index contributed by atoms with van der Waals surface area (Å²) in [5.74, 6) is -1.56. The molecule has 0 heterocycles. The number of amides is 1. The zero-order chi connectivity index (χ0) is 11.5. The van der Waals surface area contributed by atoms with Crippen LogP contribution in [-0.2, 0) is 9.59 Å². The third kappa shape index (κ3) is 3.32. The summed E-state index contributed by atoms with van der Waals surface area (Å²) in [6.45, 7) is 2.60. The van der Waals surface area contributed by atoms with Crippen molar-refractivity contribution in [3.8, 4) is 0 Å². The smallest absolute Gasteiger partial charge is 0.323 e. The van der Waals surface area contributed by atoms with Crippen molar-refractivity contribution in [2.75, 3.05) is 13.6 Å². The second kappa shape index (κ2) is 4.82. The molecule has 0 unspecified atom stereocenters. The number of rotatable bonds is 4. The topological polar surface area (TPSA) is 60.9 Å². The summed E-state index contributed by atoms with van der Waals surface area (Å²) in [5, 5.41) is 8.46. The largest absolute Gasteiger partial charge is 0.480 e. The number of carboxylic acid groups (broad SMARTS) is 1. The van der Waals surface area contributed by atoms with Gasteiger partial charge in [0, 0.05) is 7.05 Å². The lowest BCUT2D eigenvalue weighted by atomic mass is 10.1. The summed E-state index contributed by atoms with van der Waals surface area (Å²) in [6.07, 6.45) is 0. The first-order valence-electron chi connectivity index (χ1n) is 3.78. The molecule has 0 aliphatic heterocycles. The normalized spacial score (nSPS) is 11.6. The fourth-order valence-corrected chi connectivity index (χ4v) is 0.959. The summed E-state index contributed by atoms with van der Waals surface area (Å²) in [5.41, 5.74) is -1.15. The second-order valence-electron chi connectivity index (χ2n) is 3.35. The van der Waals surface area contributed by atoms with Crippen LogP contribution in [0.4, 0.5) is 0 Å². The second-order valence-corrected chi connectivity index (χ2v) is 4.20. The van der Waals surface area contributed by atoms with Gasteiger partial charge >= 0.3 is 5.97 Å². The van der Waals surface area contributed by atoms with Crippen molar-refractivity contribution in [1.82, 2.24) is 8.84 Å². The fraction of sp³-hybridized carbons (Fsp3) is 0.714. The molecule has 1 N–H and O–H groups in total. The Morgan fingerprint density at radius 1 is 1.36 bits per heavy atom. The lowest BCUT2D eigenvalue weighted by Gasteiger charge is -2.30. The van der Waals surface area contributed by atoms with E-state index in [4.69, 9.17) is 28.7 Å². The standard InChI is InChI=1S/C7H12Cl2N2O3/c1-7(2,11(8)9)6(14)10(3)4-5(12)13/h4H2,1-3H3,(H,12,13). The Morgan fingerprint density at radius 3 is 2.07 bits per heavy atom. The summed E-state index contributed by atoms with van der Waals surface area (Å²) < 4.78 is 0.702. The number of hydrogen-bond donors (Lipinski definition) is 1. The first-order valence-corrected chi connectivity index (χ1v) is 4.46. The minimum Gasteiger partial charge on any atom is -0.480 e. The molecule has 0 saturated carbocycles. The molecule has 0 bridgehead atoms. The Hall–Kier alpha value is -0.520. The maximum atomic E-state index is 11.6. The summed E-state index contributed by atoms with van der Waals surface area (Å²) >= 11 is 10.9. The van der Waals surface area contributed by atoms with Gasteiger partial charge in [0.1, 0.15) is 12.1 Å². The third-order valence-corrected chi connectivity index (χ3v) is 2.51. The quantitative estimate of drug-likeness (QED) is 0.746. The molecular weight excluding hydrogens is 231 g/mol. The zero-order valence-electron chi connectivity index (χ0n) is 8.12. The van der Waals surface area contributed by atoms with E-state index in [0.717, 1.165) is 4.90 Å². The van der Waals surface area contributed by atoms with Crippen LogP contribution in [0, 0.1) is 0 Å². The van der Waals surface area contributed by atoms with Crippen LogP contribution in [0.1, 0.15) is 13.8 Å². The van der Waals surface area contributed by atoms with Crippen LogP contribution in [0.3, 0.4) is 0 Å². The summed E-state index contributed by atoms with van der Waals surface area (Å²) in [4.78, 5) is 23.0. The number of aliphatic carboxylic acids is 1. The molecule has 0 aromatic carbocycles. The summed E-state index contributed by atoms with van der Waals surface area (Å²) in [6, 6.07) is 0. The van der Waals surface area contributed by atoms with Crippen LogP contribution in [0.2, 0.25) is 0 Å². The predicted molar refractivity (Wildman–Crippen MR) is 52.9 cm³/mol. The van der Waals surface area contributed by atoms with Gasteiger partial charge < -0.3 is 10.0 Å². The molecule has 0 aliphatic carbocycles. The van der Waals surface area contributed by atoms with Crippen LogP contribution >= 0.6 is 23.6 Å². The lowest BCUT2D eigenvalue weighted by Crippen LogP contribution is -2.50. The Morgan fingerprint density at radius 2 is 1.79 bits per heavy atom. The maximum Gasteiger partial charge on any atom is 0.323 e. The average Bonchev–Trinajstić information content (AvgIpc) is 2.01. The molecule has 0 rings (SSSR count). The summed E-state index contributed by atoms with van der Waals surface area (Å²) in [7, 11) is 1.37. The Kier molecular flexibility index (Phi) is 4.64. The molecule has 0 saturated heterocycles. The van der Waals surface area contributed by atoms with Crippen molar-refractivity contribution in [3.63, 3.8) is 0 Å². The molecule has 5 nitrogen and oxygen atoms in total. The Balaban J connectivity index is 4.53. The van der Waals surface area contributed by atoms with Gasteiger partial charge in [-0.25, -0.2) is 0 Å². The number of halogens is 2. The highest BCUT2D eigenvalue weighted by atomic mass is 35.5. The molecule has 0 aromatic rings. The minimum absolute atomic E-state index is 0.385. The Bertz CT molecular complexity index is 243. The highest BCUT2D eigenvalue weighted by Crippen LogP contribution is 2.21. The average molecular weight is 243 g/mol. The maximum absolute atomic E-state index is 11.6. The van der Waals surface area contributed by atoms with Gasteiger partial charge in [0.05, 0.1) is 0 Å². The van der Waals surface area contributed by atoms with Crippen molar-refractivity contribution in [2.45, 2.75) is 19.4 Å². The molecule has 82 valence electrons. The molecular formula is C7H12Cl2N2O3. The molecule has 0 fully saturated rings. The zero-order valence-corrected chi connectivity index (χ0v) is 9.63. The van der Waals surface area contributed by atoms with Crippen LogP contribution in [0.15, 0.2) is 0 Å². The number of hydrogen-bond acceptors (Lipinski definition) is 3. The van der Waals surface area contributed by atoms with E-state index in [1.807, 2.05) is 0 Å². The molecule has 0 spiro atoms.